The minimum Gasteiger partial charge on any atom is -0.369 e. The van der Waals surface area contributed by atoms with E-state index in [0.717, 1.165) is 18.8 Å². The summed E-state index contributed by atoms with van der Waals surface area (Å²) in [6.07, 6.45) is -7.46. The Bertz CT molecular complexity index is 1570. The summed E-state index contributed by atoms with van der Waals surface area (Å²) >= 11 is 0. The van der Waals surface area contributed by atoms with E-state index in [1.807, 2.05) is 4.57 Å². The number of ether oxygens (including phenoxy) is 1. The van der Waals surface area contributed by atoms with Crippen LogP contribution in [-0.2, 0) is 30.1 Å². The van der Waals surface area contributed by atoms with Gasteiger partial charge in [-0.1, -0.05) is 12.1 Å². The van der Waals surface area contributed by atoms with E-state index >= 15 is 0 Å². The molecule has 1 unspecified atom stereocenters. The van der Waals surface area contributed by atoms with Crippen LogP contribution in [0.1, 0.15) is 65.2 Å². The minimum absolute atomic E-state index is 0.0243. The molecule has 4 heterocycles. The van der Waals surface area contributed by atoms with Crippen LogP contribution in [-0.4, -0.2) is 43.9 Å². The van der Waals surface area contributed by atoms with E-state index in [-0.39, 0.29) is 24.0 Å². The smallest absolute Gasteiger partial charge is 0.369 e. The van der Waals surface area contributed by atoms with Gasteiger partial charge in [0.25, 0.3) is 0 Å². The van der Waals surface area contributed by atoms with Crippen molar-refractivity contribution in [1.82, 2.24) is 24.7 Å². The van der Waals surface area contributed by atoms with Crippen molar-refractivity contribution in [3.05, 3.63) is 101 Å². The quantitative estimate of drug-likeness (QED) is 0.223. The molecule has 4 aromatic rings. The number of hydrogen-bond donors (Lipinski definition) is 0. The zero-order valence-electron chi connectivity index (χ0n) is 23.4. The monoisotopic (exact) mass is 620 g/mol. The van der Waals surface area contributed by atoms with Gasteiger partial charge in [0.2, 0.25) is 5.95 Å². The van der Waals surface area contributed by atoms with Crippen LogP contribution in [0.2, 0.25) is 0 Å². The minimum atomic E-state index is -4.98. The van der Waals surface area contributed by atoms with Gasteiger partial charge in [0, 0.05) is 50.3 Å². The maximum atomic E-state index is 13.8. The van der Waals surface area contributed by atoms with Gasteiger partial charge in [0.1, 0.15) is 17.5 Å². The molecule has 2 aliphatic heterocycles. The lowest BCUT2D eigenvalue weighted by atomic mass is 9.88. The van der Waals surface area contributed by atoms with Crippen molar-refractivity contribution in [2.24, 2.45) is 0 Å². The Kier molecular flexibility index (Phi) is 7.80. The van der Waals surface area contributed by atoms with E-state index in [1.165, 1.54) is 19.1 Å². The van der Waals surface area contributed by atoms with Gasteiger partial charge in [-0.2, -0.15) is 26.3 Å². The predicted octanol–water partition coefficient (Wildman–Crippen LogP) is 6.73. The van der Waals surface area contributed by atoms with E-state index in [1.54, 1.807) is 30.6 Å². The highest BCUT2D eigenvalue weighted by molar-refractivity contribution is 5.35. The second-order valence-corrected chi connectivity index (χ2v) is 11.1. The molecule has 44 heavy (non-hydrogen) atoms. The molecule has 0 radical (unpaired) electrons. The van der Waals surface area contributed by atoms with Gasteiger partial charge >= 0.3 is 12.4 Å². The summed E-state index contributed by atoms with van der Waals surface area (Å²) in [5, 5.41) is 8.87. The number of aromatic nitrogens is 5. The summed E-state index contributed by atoms with van der Waals surface area (Å²) in [4.78, 5) is 10.7. The molecule has 0 saturated carbocycles. The number of fused-ring (bicyclic) bond motifs is 1. The fourth-order valence-electron chi connectivity index (χ4n) is 5.97. The van der Waals surface area contributed by atoms with Crippen molar-refractivity contribution in [2.75, 3.05) is 18.0 Å². The number of rotatable bonds is 6. The number of halogens is 7. The highest BCUT2D eigenvalue weighted by Gasteiger charge is 2.40. The molecule has 2 aromatic carbocycles. The second kappa shape index (κ2) is 11.5. The molecule has 2 aromatic heterocycles. The summed E-state index contributed by atoms with van der Waals surface area (Å²) in [6, 6.07) is 9.00. The van der Waals surface area contributed by atoms with Crippen molar-refractivity contribution in [1.29, 1.82) is 0 Å². The molecule has 7 nitrogen and oxygen atoms in total. The summed E-state index contributed by atoms with van der Waals surface area (Å²) in [6.45, 7) is 3.09. The molecule has 0 N–H and O–H groups in total. The van der Waals surface area contributed by atoms with Gasteiger partial charge in [-0.25, -0.2) is 14.4 Å². The van der Waals surface area contributed by atoms with Gasteiger partial charge < -0.3 is 14.2 Å². The first kappa shape index (κ1) is 30.0. The Balaban J connectivity index is 1.30. The van der Waals surface area contributed by atoms with Gasteiger partial charge in [-0.3, -0.25) is 0 Å². The molecule has 1 saturated heterocycles. The molecule has 0 bridgehead atoms. The average Bonchev–Trinajstić information content (AvgIpc) is 3.64. The zero-order valence-corrected chi connectivity index (χ0v) is 23.4. The molecular formula is C30H27F7N6O. The topological polar surface area (TPSA) is 69.0 Å². The largest absolute Gasteiger partial charge is 0.416 e. The standard InChI is InChI=1S/C30H27F7N6O/c1-17(20-11-21(29(32,33)34)13-22(12-20)30(35,36)37)44-25-14-26-40-41-27(19-7-10-42(15-19)28-38-8-2-9-39-28)43(26)16-24(25)18-3-5-23(31)6-4-18/h2-6,8-9,11-13,17,19,24-25H,7,10,14-16H2,1H3/t17-,19?,24-,25+/m1/s1. The third kappa shape index (κ3) is 6.12. The summed E-state index contributed by atoms with van der Waals surface area (Å²) < 4.78 is 103. The molecule has 6 rings (SSSR count). The van der Waals surface area contributed by atoms with E-state index in [4.69, 9.17) is 4.74 Å². The first-order chi connectivity index (χ1) is 20.9. The van der Waals surface area contributed by atoms with Crippen LogP contribution >= 0.6 is 0 Å². The molecule has 14 heteroatoms. The van der Waals surface area contributed by atoms with Crippen LogP contribution in [0.4, 0.5) is 36.7 Å². The first-order valence-electron chi connectivity index (χ1n) is 14.0. The molecule has 232 valence electrons. The normalized spacial score (nSPS) is 21.4. The average molecular weight is 621 g/mol. The van der Waals surface area contributed by atoms with Crippen molar-refractivity contribution < 1.29 is 35.5 Å². The lowest BCUT2D eigenvalue weighted by Crippen LogP contribution is -2.36. The Hall–Kier alpha value is -4.07. The highest BCUT2D eigenvalue weighted by Crippen LogP contribution is 2.40. The van der Waals surface area contributed by atoms with Gasteiger partial charge in [-0.05, 0) is 60.9 Å². The number of anilines is 1. The Labute approximate surface area is 247 Å². The third-order valence-corrected chi connectivity index (χ3v) is 8.21. The molecule has 1 fully saturated rings. The van der Waals surface area contributed by atoms with E-state index in [9.17, 15) is 30.7 Å². The molecule has 2 aliphatic rings. The van der Waals surface area contributed by atoms with Crippen LogP contribution in [0.15, 0.2) is 60.9 Å². The fraction of sp³-hybridized carbons (Fsp3) is 0.400. The SMILES string of the molecule is C[C@@H](O[C@H]1Cc2nnc(C3CCN(c4ncccn4)C3)n2C[C@@H]1c1ccc(F)cc1)c1cc(C(F)(F)F)cc(C(F)(F)F)c1. The number of hydrogen-bond acceptors (Lipinski definition) is 6. The second-order valence-electron chi connectivity index (χ2n) is 11.1. The molecular weight excluding hydrogens is 593 g/mol. The molecule has 0 aliphatic carbocycles. The van der Waals surface area contributed by atoms with Crippen LogP contribution < -0.4 is 4.90 Å². The van der Waals surface area contributed by atoms with Gasteiger partial charge in [0.15, 0.2) is 0 Å². The highest BCUT2D eigenvalue weighted by atomic mass is 19.4. The maximum absolute atomic E-state index is 13.8. The Morgan fingerprint density at radius 2 is 1.55 bits per heavy atom. The van der Waals surface area contributed by atoms with E-state index in [2.05, 4.69) is 25.1 Å². The Morgan fingerprint density at radius 1 is 0.886 bits per heavy atom. The van der Waals surface area contributed by atoms with E-state index < -0.39 is 47.4 Å². The van der Waals surface area contributed by atoms with Crippen molar-refractivity contribution >= 4 is 5.95 Å². The molecule has 4 atom stereocenters. The third-order valence-electron chi connectivity index (χ3n) is 8.21. The zero-order chi connectivity index (χ0) is 31.2. The van der Waals surface area contributed by atoms with Crippen LogP contribution in [0.3, 0.4) is 0 Å². The van der Waals surface area contributed by atoms with Gasteiger partial charge in [-0.15, -0.1) is 10.2 Å². The lowest BCUT2D eigenvalue weighted by Gasteiger charge is -2.35. The summed E-state index contributed by atoms with van der Waals surface area (Å²) in [7, 11) is 0. The van der Waals surface area contributed by atoms with Crippen LogP contribution in [0.5, 0.6) is 0 Å². The fourth-order valence-corrected chi connectivity index (χ4v) is 5.97. The number of benzene rings is 2. The maximum Gasteiger partial charge on any atom is 0.416 e. The number of alkyl halides is 6. The van der Waals surface area contributed by atoms with Gasteiger partial charge in [0.05, 0.1) is 23.3 Å². The van der Waals surface area contributed by atoms with E-state index in [0.29, 0.717) is 42.6 Å². The van der Waals surface area contributed by atoms with Crippen molar-refractivity contribution in [3.63, 3.8) is 0 Å². The lowest BCUT2D eigenvalue weighted by molar-refractivity contribution is -0.143. The predicted molar refractivity (Wildman–Crippen MR) is 144 cm³/mol. The summed E-state index contributed by atoms with van der Waals surface area (Å²) in [5.41, 5.74) is -2.37. The Morgan fingerprint density at radius 3 is 2.18 bits per heavy atom. The number of nitrogens with zero attached hydrogens (tertiary/aromatic N) is 6. The van der Waals surface area contributed by atoms with Crippen molar-refractivity contribution in [2.45, 2.75) is 62.7 Å². The van der Waals surface area contributed by atoms with Crippen LogP contribution in [0, 0.1) is 5.82 Å². The molecule has 0 spiro atoms. The van der Waals surface area contributed by atoms with Crippen molar-refractivity contribution in [3.8, 4) is 0 Å². The summed E-state index contributed by atoms with van der Waals surface area (Å²) in [5.74, 6) is 1.12. The van der Waals surface area contributed by atoms with Crippen LogP contribution in [0.25, 0.3) is 0 Å². The first-order valence-corrected chi connectivity index (χ1v) is 14.0. The molecule has 0 amide bonds.